The van der Waals surface area contributed by atoms with Gasteiger partial charge in [0, 0.05) is 30.9 Å². The van der Waals surface area contributed by atoms with Crippen LogP contribution in [0.15, 0.2) is 24.3 Å². The van der Waals surface area contributed by atoms with E-state index >= 15 is 0 Å². The van der Waals surface area contributed by atoms with Crippen molar-refractivity contribution < 1.29 is 4.39 Å². The van der Waals surface area contributed by atoms with Crippen molar-refractivity contribution in [2.45, 2.75) is 32.9 Å². The molecule has 0 spiro atoms. The maximum absolute atomic E-state index is 13.0. The Morgan fingerprint density at radius 2 is 1.94 bits per heavy atom. The number of nitrogens with zero attached hydrogens (tertiary/aromatic N) is 1. The van der Waals surface area contributed by atoms with Gasteiger partial charge in [0.2, 0.25) is 0 Å². The number of anilines is 1. The summed E-state index contributed by atoms with van der Waals surface area (Å²) in [5.74, 6) is 0.415. The van der Waals surface area contributed by atoms with E-state index in [1.807, 2.05) is 12.1 Å². The summed E-state index contributed by atoms with van der Waals surface area (Å²) in [6, 6.07) is 7.80. The van der Waals surface area contributed by atoms with E-state index in [-0.39, 0.29) is 5.82 Å². The van der Waals surface area contributed by atoms with Crippen LogP contribution in [0.5, 0.6) is 0 Å². The normalized spacial score (nSPS) is 25.4. The Morgan fingerprint density at radius 3 is 2.53 bits per heavy atom. The van der Waals surface area contributed by atoms with Crippen LogP contribution >= 0.6 is 0 Å². The van der Waals surface area contributed by atoms with Crippen molar-refractivity contribution in [3.8, 4) is 0 Å². The van der Waals surface area contributed by atoms with Gasteiger partial charge in [-0.25, -0.2) is 4.39 Å². The summed E-state index contributed by atoms with van der Waals surface area (Å²) in [4.78, 5) is 2.39. The molecule has 1 aliphatic heterocycles. The first-order chi connectivity index (χ1) is 8.08. The van der Waals surface area contributed by atoms with Gasteiger partial charge >= 0.3 is 0 Å². The van der Waals surface area contributed by atoms with E-state index in [4.69, 9.17) is 0 Å². The molecule has 0 aromatic heterocycles. The van der Waals surface area contributed by atoms with Crippen LogP contribution < -0.4 is 10.2 Å². The van der Waals surface area contributed by atoms with E-state index in [0.29, 0.717) is 18.0 Å². The molecular weight excluding hydrogens is 215 g/mol. The van der Waals surface area contributed by atoms with E-state index in [2.05, 4.69) is 31.0 Å². The second kappa shape index (κ2) is 5.05. The van der Waals surface area contributed by atoms with Gasteiger partial charge in [-0.2, -0.15) is 0 Å². The Kier molecular flexibility index (Phi) is 3.67. The molecule has 2 unspecified atom stereocenters. The molecular formula is C14H21FN2. The Morgan fingerprint density at radius 1 is 1.29 bits per heavy atom. The number of rotatable bonds is 2. The van der Waals surface area contributed by atoms with E-state index < -0.39 is 0 Å². The van der Waals surface area contributed by atoms with Gasteiger partial charge in [0.05, 0.1) is 0 Å². The lowest BCUT2D eigenvalue weighted by atomic mass is 9.98. The highest BCUT2D eigenvalue weighted by Gasteiger charge is 2.28. The van der Waals surface area contributed by atoms with Crippen LogP contribution in [0.2, 0.25) is 0 Å². The number of benzene rings is 1. The SMILES string of the molecule is CC1CN(c2ccc(F)cc2)C(C(C)C)CN1. The molecule has 1 N–H and O–H groups in total. The first-order valence-corrected chi connectivity index (χ1v) is 6.33. The average Bonchev–Trinajstić information content (AvgIpc) is 2.29. The van der Waals surface area contributed by atoms with Crippen molar-refractivity contribution in [3.63, 3.8) is 0 Å². The van der Waals surface area contributed by atoms with E-state index in [1.54, 1.807) is 12.1 Å². The van der Waals surface area contributed by atoms with E-state index in [0.717, 1.165) is 18.8 Å². The van der Waals surface area contributed by atoms with Crippen molar-refractivity contribution in [2.24, 2.45) is 5.92 Å². The fourth-order valence-corrected chi connectivity index (χ4v) is 2.45. The topological polar surface area (TPSA) is 15.3 Å². The standard InChI is InChI=1S/C14H21FN2/c1-10(2)14-8-16-11(3)9-17(14)13-6-4-12(15)5-7-13/h4-7,10-11,14,16H,8-9H2,1-3H3. The third kappa shape index (κ3) is 2.78. The van der Waals surface area contributed by atoms with Crippen molar-refractivity contribution in [2.75, 3.05) is 18.0 Å². The molecule has 2 rings (SSSR count). The maximum Gasteiger partial charge on any atom is 0.123 e. The fraction of sp³-hybridized carbons (Fsp3) is 0.571. The summed E-state index contributed by atoms with van der Waals surface area (Å²) in [5, 5.41) is 3.51. The van der Waals surface area contributed by atoms with Crippen molar-refractivity contribution in [1.29, 1.82) is 0 Å². The van der Waals surface area contributed by atoms with Crippen LogP contribution in [-0.2, 0) is 0 Å². The smallest absolute Gasteiger partial charge is 0.123 e. The molecule has 0 aliphatic carbocycles. The van der Waals surface area contributed by atoms with Crippen LogP contribution in [-0.4, -0.2) is 25.2 Å². The molecule has 1 aromatic carbocycles. The van der Waals surface area contributed by atoms with Crippen molar-refractivity contribution >= 4 is 5.69 Å². The summed E-state index contributed by atoms with van der Waals surface area (Å²) >= 11 is 0. The monoisotopic (exact) mass is 236 g/mol. The lowest BCUT2D eigenvalue weighted by Gasteiger charge is -2.43. The Bertz CT molecular complexity index is 361. The summed E-state index contributed by atoms with van der Waals surface area (Å²) < 4.78 is 13.0. The first-order valence-electron chi connectivity index (χ1n) is 6.33. The van der Waals surface area contributed by atoms with Gasteiger partial charge in [-0.15, -0.1) is 0 Å². The molecule has 1 saturated heterocycles. The third-order valence-corrected chi connectivity index (χ3v) is 3.47. The Labute approximate surface area is 103 Å². The molecule has 3 heteroatoms. The molecule has 17 heavy (non-hydrogen) atoms. The first kappa shape index (κ1) is 12.4. The maximum atomic E-state index is 13.0. The van der Waals surface area contributed by atoms with Crippen LogP contribution in [0.1, 0.15) is 20.8 Å². The molecule has 2 nitrogen and oxygen atoms in total. The Hall–Kier alpha value is -1.09. The predicted octanol–water partition coefficient (Wildman–Crippen LogP) is 2.65. The molecule has 0 saturated carbocycles. The minimum Gasteiger partial charge on any atom is -0.365 e. The molecule has 1 heterocycles. The van der Waals surface area contributed by atoms with E-state index in [1.165, 1.54) is 0 Å². The minimum atomic E-state index is -0.168. The predicted molar refractivity (Wildman–Crippen MR) is 69.8 cm³/mol. The number of hydrogen-bond donors (Lipinski definition) is 1. The van der Waals surface area contributed by atoms with E-state index in [9.17, 15) is 4.39 Å². The summed E-state index contributed by atoms with van der Waals surface area (Å²) in [5.41, 5.74) is 1.12. The molecule has 1 aromatic rings. The third-order valence-electron chi connectivity index (χ3n) is 3.47. The zero-order valence-corrected chi connectivity index (χ0v) is 10.8. The molecule has 2 atom stereocenters. The highest BCUT2D eigenvalue weighted by Crippen LogP contribution is 2.23. The van der Waals surface area contributed by atoms with Gasteiger partial charge in [-0.05, 0) is 37.1 Å². The molecule has 0 amide bonds. The van der Waals surface area contributed by atoms with Gasteiger partial charge in [0.1, 0.15) is 5.82 Å². The quantitative estimate of drug-likeness (QED) is 0.849. The van der Waals surface area contributed by atoms with Crippen LogP contribution in [0.4, 0.5) is 10.1 Å². The van der Waals surface area contributed by atoms with Gasteiger partial charge in [-0.1, -0.05) is 13.8 Å². The van der Waals surface area contributed by atoms with Crippen LogP contribution in [0, 0.1) is 11.7 Å². The van der Waals surface area contributed by atoms with Crippen LogP contribution in [0.25, 0.3) is 0 Å². The highest BCUT2D eigenvalue weighted by atomic mass is 19.1. The van der Waals surface area contributed by atoms with Crippen molar-refractivity contribution in [3.05, 3.63) is 30.1 Å². The van der Waals surface area contributed by atoms with Gasteiger partial charge < -0.3 is 10.2 Å². The molecule has 0 bridgehead atoms. The van der Waals surface area contributed by atoms with Gasteiger partial charge in [0.25, 0.3) is 0 Å². The molecule has 1 fully saturated rings. The number of piperazine rings is 1. The number of nitrogens with one attached hydrogen (secondary N) is 1. The fourth-order valence-electron chi connectivity index (χ4n) is 2.45. The highest BCUT2D eigenvalue weighted by molar-refractivity contribution is 5.48. The molecule has 0 radical (unpaired) electrons. The number of hydrogen-bond acceptors (Lipinski definition) is 2. The zero-order valence-electron chi connectivity index (χ0n) is 10.8. The lowest BCUT2D eigenvalue weighted by molar-refractivity contribution is 0.349. The lowest BCUT2D eigenvalue weighted by Crippen LogP contribution is -2.57. The van der Waals surface area contributed by atoms with Gasteiger partial charge in [-0.3, -0.25) is 0 Å². The summed E-state index contributed by atoms with van der Waals surface area (Å²) in [6.45, 7) is 8.63. The second-order valence-corrected chi connectivity index (χ2v) is 5.25. The second-order valence-electron chi connectivity index (χ2n) is 5.25. The van der Waals surface area contributed by atoms with Gasteiger partial charge in [0.15, 0.2) is 0 Å². The largest absolute Gasteiger partial charge is 0.365 e. The van der Waals surface area contributed by atoms with Crippen molar-refractivity contribution in [1.82, 2.24) is 5.32 Å². The Balaban J connectivity index is 2.22. The minimum absolute atomic E-state index is 0.168. The molecule has 94 valence electrons. The summed E-state index contributed by atoms with van der Waals surface area (Å²) in [6.07, 6.45) is 0. The summed E-state index contributed by atoms with van der Waals surface area (Å²) in [7, 11) is 0. The molecule has 1 aliphatic rings. The average molecular weight is 236 g/mol. The van der Waals surface area contributed by atoms with Crippen LogP contribution in [0.3, 0.4) is 0 Å². The number of halogens is 1. The zero-order chi connectivity index (χ0) is 12.4.